The number of carbonyl (C=O) groups excluding carboxylic acids is 1. The van der Waals surface area contributed by atoms with E-state index in [0.29, 0.717) is 37.0 Å². The van der Waals surface area contributed by atoms with Crippen LogP contribution in [0, 0.1) is 6.92 Å². The third-order valence-corrected chi connectivity index (χ3v) is 4.29. The van der Waals surface area contributed by atoms with Gasteiger partial charge in [-0.25, -0.2) is 14.4 Å². The summed E-state index contributed by atoms with van der Waals surface area (Å²) in [4.78, 5) is 17.8. The van der Waals surface area contributed by atoms with E-state index in [0.717, 1.165) is 5.56 Å². The Balaban J connectivity index is 1.72. The Morgan fingerprint density at radius 2 is 2.19 bits per heavy atom. The number of amides is 1. The Morgan fingerprint density at radius 1 is 1.41 bits per heavy atom. The van der Waals surface area contributed by atoms with Crippen molar-refractivity contribution < 1.29 is 24.1 Å². The lowest BCUT2D eigenvalue weighted by atomic mass is 10.2. The maximum atomic E-state index is 12.1. The summed E-state index contributed by atoms with van der Waals surface area (Å²) in [5.41, 5.74) is 3.66. The lowest BCUT2D eigenvalue weighted by Crippen LogP contribution is -2.41. The number of aryl methyl sites for hydroxylation is 1. The zero-order chi connectivity index (χ0) is 19.2. The van der Waals surface area contributed by atoms with E-state index < -0.39 is 6.09 Å². The molecule has 10 nitrogen and oxygen atoms in total. The molecule has 1 aromatic heterocycles. The number of rotatable bonds is 4. The molecule has 0 saturated carbocycles. The molecule has 1 fully saturated rings. The number of aromatic nitrogens is 2. The standard InChI is InChI=1S/C16H18ClN5O5/c1-10-2-3-11(8-12(10)17)18-15(19-24)14-13(20-27-21-14)9-26-16(23)22-4-6-25-7-5-22/h2-3,8,24H,4-7,9H2,1H3,(H,18,19). The molecule has 1 saturated heterocycles. The lowest BCUT2D eigenvalue weighted by molar-refractivity contribution is 0.0244. The van der Waals surface area contributed by atoms with E-state index >= 15 is 0 Å². The summed E-state index contributed by atoms with van der Waals surface area (Å²) in [5, 5.41) is 17.4. The van der Waals surface area contributed by atoms with Crippen LogP contribution in [0.25, 0.3) is 0 Å². The second-order valence-corrected chi connectivity index (χ2v) is 6.13. The number of hydroxylamine groups is 1. The van der Waals surface area contributed by atoms with Crippen molar-refractivity contribution in [1.29, 1.82) is 0 Å². The molecule has 144 valence electrons. The molecular formula is C16H18ClN5O5. The molecule has 2 heterocycles. The molecule has 2 aromatic rings. The zero-order valence-corrected chi connectivity index (χ0v) is 15.3. The number of hydrogen-bond donors (Lipinski definition) is 2. The van der Waals surface area contributed by atoms with Crippen LogP contribution in [0.1, 0.15) is 17.0 Å². The third-order valence-electron chi connectivity index (χ3n) is 3.88. The molecule has 3 rings (SSSR count). The van der Waals surface area contributed by atoms with E-state index in [1.807, 2.05) is 12.4 Å². The van der Waals surface area contributed by atoms with Crippen LogP contribution in [-0.2, 0) is 16.1 Å². The van der Waals surface area contributed by atoms with E-state index in [4.69, 9.17) is 25.7 Å². The number of morpholine rings is 1. The van der Waals surface area contributed by atoms with Crippen LogP contribution >= 0.6 is 11.6 Å². The van der Waals surface area contributed by atoms with Gasteiger partial charge < -0.3 is 14.4 Å². The first-order valence-corrected chi connectivity index (χ1v) is 8.52. The summed E-state index contributed by atoms with van der Waals surface area (Å²) < 4.78 is 15.1. The molecule has 11 heteroatoms. The first-order chi connectivity index (χ1) is 13.1. The van der Waals surface area contributed by atoms with Crippen LogP contribution in [0.4, 0.5) is 10.5 Å². The SMILES string of the molecule is Cc1ccc(N=C(NO)c2nonc2COC(=O)N2CCOCC2)cc1Cl. The molecule has 0 radical (unpaired) electrons. The van der Waals surface area contributed by atoms with Gasteiger partial charge in [-0.3, -0.25) is 10.7 Å². The Kier molecular flexibility index (Phi) is 6.22. The number of ether oxygens (including phenoxy) is 2. The van der Waals surface area contributed by atoms with Crippen molar-refractivity contribution in [3.63, 3.8) is 0 Å². The second-order valence-electron chi connectivity index (χ2n) is 5.72. The van der Waals surface area contributed by atoms with Gasteiger partial charge in [-0.15, -0.1) is 0 Å². The monoisotopic (exact) mass is 395 g/mol. The van der Waals surface area contributed by atoms with Gasteiger partial charge in [-0.1, -0.05) is 22.8 Å². The van der Waals surface area contributed by atoms with Gasteiger partial charge in [-0.2, -0.15) is 0 Å². The lowest BCUT2D eigenvalue weighted by Gasteiger charge is -2.25. The fraction of sp³-hybridized carbons (Fsp3) is 0.375. The van der Waals surface area contributed by atoms with E-state index in [2.05, 4.69) is 15.3 Å². The normalized spacial score (nSPS) is 14.9. The highest BCUT2D eigenvalue weighted by Crippen LogP contribution is 2.23. The number of amidine groups is 1. The highest BCUT2D eigenvalue weighted by Gasteiger charge is 2.22. The minimum Gasteiger partial charge on any atom is -0.443 e. The fourth-order valence-electron chi connectivity index (χ4n) is 2.36. The van der Waals surface area contributed by atoms with Crippen molar-refractivity contribution in [3.8, 4) is 0 Å². The molecule has 2 N–H and O–H groups in total. The van der Waals surface area contributed by atoms with Crippen LogP contribution in [0.5, 0.6) is 0 Å². The van der Waals surface area contributed by atoms with E-state index in [1.165, 1.54) is 4.90 Å². The average Bonchev–Trinajstić information content (AvgIpc) is 3.16. The molecule has 27 heavy (non-hydrogen) atoms. The molecule has 0 spiro atoms. The largest absolute Gasteiger partial charge is 0.443 e. The maximum absolute atomic E-state index is 12.1. The summed E-state index contributed by atoms with van der Waals surface area (Å²) >= 11 is 6.09. The Bertz CT molecular complexity index is 834. The van der Waals surface area contributed by atoms with Gasteiger partial charge in [0.05, 0.1) is 18.9 Å². The van der Waals surface area contributed by atoms with Crippen molar-refractivity contribution in [2.24, 2.45) is 4.99 Å². The van der Waals surface area contributed by atoms with Crippen LogP contribution < -0.4 is 5.48 Å². The number of halogens is 1. The Labute approximate surface area is 159 Å². The zero-order valence-electron chi connectivity index (χ0n) is 14.5. The molecule has 0 bridgehead atoms. The first kappa shape index (κ1) is 19.1. The minimum absolute atomic E-state index is 0.0198. The topological polar surface area (TPSA) is 122 Å². The van der Waals surface area contributed by atoms with Crippen molar-refractivity contribution in [1.82, 2.24) is 20.7 Å². The van der Waals surface area contributed by atoms with Crippen LogP contribution in [0.2, 0.25) is 5.02 Å². The van der Waals surface area contributed by atoms with Gasteiger partial charge in [0.1, 0.15) is 6.61 Å². The molecule has 0 atom stereocenters. The van der Waals surface area contributed by atoms with Gasteiger partial charge in [0.15, 0.2) is 17.2 Å². The second kappa shape index (κ2) is 8.80. The minimum atomic E-state index is -0.493. The van der Waals surface area contributed by atoms with Gasteiger partial charge >= 0.3 is 6.09 Å². The van der Waals surface area contributed by atoms with Crippen molar-refractivity contribution >= 4 is 29.2 Å². The van der Waals surface area contributed by atoms with Gasteiger partial charge in [0.2, 0.25) is 0 Å². The van der Waals surface area contributed by atoms with Crippen molar-refractivity contribution in [2.75, 3.05) is 26.3 Å². The third kappa shape index (κ3) is 4.73. The summed E-state index contributed by atoms with van der Waals surface area (Å²) in [7, 11) is 0. The predicted molar refractivity (Wildman–Crippen MR) is 94.2 cm³/mol. The quantitative estimate of drug-likeness (QED) is 0.458. The number of hydrogen-bond acceptors (Lipinski definition) is 8. The summed E-state index contributed by atoms with van der Waals surface area (Å²) in [6.07, 6.45) is -0.493. The number of benzene rings is 1. The molecular weight excluding hydrogens is 378 g/mol. The maximum Gasteiger partial charge on any atom is 0.410 e. The molecule has 1 aromatic carbocycles. The Morgan fingerprint density at radius 3 is 2.89 bits per heavy atom. The average molecular weight is 396 g/mol. The van der Waals surface area contributed by atoms with Gasteiger partial charge in [-0.05, 0) is 29.8 Å². The number of nitrogens with one attached hydrogen (secondary N) is 1. The highest BCUT2D eigenvalue weighted by atomic mass is 35.5. The van der Waals surface area contributed by atoms with Crippen molar-refractivity contribution in [3.05, 3.63) is 40.2 Å². The highest BCUT2D eigenvalue weighted by molar-refractivity contribution is 6.31. The van der Waals surface area contributed by atoms with Gasteiger partial charge in [0.25, 0.3) is 0 Å². The number of nitrogens with zero attached hydrogens (tertiary/aromatic N) is 4. The van der Waals surface area contributed by atoms with Crippen LogP contribution in [-0.4, -0.2) is 58.7 Å². The summed E-state index contributed by atoms with van der Waals surface area (Å²) in [6.45, 7) is 3.53. The smallest absolute Gasteiger partial charge is 0.410 e. The number of aliphatic imine (C=N–C) groups is 1. The van der Waals surface area contributed by atoms with Crippen molar-refractivity contribution in [2.45, 2.75) is 13.5 Å². The van der Waals surface area contributed by atoms with E-state index in [1.54, 1.807) is 18.2 Å². The van der Waals surface area contributed by atoms with Gasteiger partial charge in [0, 0.05) is 18.1 Å². The fourth-order valence-corrected chi connectivity index (χ4v) is 2.53. The summed E-state index contributed by atoms with van der Waals surface area (Å²) in [5.74, 6) is -0.0198. The van der Waals surface area contributed by atoms with Crippen LogP contribution in [0.15, 0.2) is 27.8 Å². The Hall–Kier alpha value is -2.69. The molecule has 0 unspecified atom stereocenters. The first-order valence-electron chi connectivity index (χ1n) is 8.14. The molecule has 1 amide bonds. The molecule has 1 aliphatic rings. The van der Waals surface area contributed by atoms with E-state index in [-0.39, 0.29) is 23.8 Å². The molecule has 0 aliphatic carbocycles. The molecule has 1 aliphatic heterocycles. The predicted octanol–water partition coefficient (Wildman–Crippen LogP) is 2.06. The van der Waals surface area contributed by atoms with E-state index in [9.17, 15) is 10.0 Å². The van der Waals surface area contributed by atoms with Crippen LogP contribution in [0.3, 0.4) is 0 Å². The number of carbonyl (C=O) groups is 1. The summed E-state index contributed by atoms with van der Waals surface area (Å²) in [6, 6.07) is 5.16.